The second-order valence-corrected chi connectivity index (χ2v) is 7.56. The van der Waals surface area contributed by atoms with Crippen LogP contribution in [0, 0.1) is 18.3 Å². The van der Waals surface area contributed by atoms with Crippen molar-refractivity contribution in [3.63, 3.8) is 0 Å². The molecule has 0 saturated heterocycles. The Bertz CT molecular complexity index is 1090. The van der Waals surface area contributed by atoms with Crippen LogP contribution in [0.2, 0.25) is 0 Å². The van der Waals surface area contributed by atoms with Gasteiger partial charge in [0.2, 0.25) is 5.82 Å². The van der Waals surface area contributed by atoms with Crippen molar-refractivity contribution < 1.29 is 14.1 Å². The predicted octanol–water partition coefficient (Wildman–Crippen LogP) is 5.28. The summed E-state index contributed by atoms with van der Waals surface area (Å²) in [4.78, 5) is 15.7. The van der Waals surface area contributed by atoms with Crippen molar-refractivity contribution in [2.24, 2.45) is 0 Å². The number of Topliss-reactive ketones (excluding diaryl/α,β-unsaturated/α-hetero) is 1. The van der Waals surface area contributed by atoms with Gasteiger partial charge in [-0.3, -0.25) is 0 Å². The molecule has 30 heavy (non-hydrogen) atoms. The van der Waals surface area contributed by atoms with E-state index in [2.05, 4.69) is 22.3 Å². The normalized spacial score (nSPS) is 10.8. The van der Waals surface area contributed by atoms with E-state index in [1.807, 2.05) is 32.9 Å². The predicted molar refractivity (Wildman–Crippen MR) is 114 cm³/mol. The molecule has 1 heterocycles. The van der Waals surface area contributed by atoms with Crippen molar-refractivity contribution in [2.75, 3.05) is 0 Å². The van der Waals surface area contributed by atoms with Crippen LogP contribution in [0.3, 0.4) is 0 Å². The van der Waals surface area contributed by atoms with Gasteiger partial charge >= 0.3 is 0 Å². The van der Waals surface area contributed by atoms with Crippen LogP contribution in [0.4, 0.5) is 0 Å². The van der Waals surface area contributed by atoms with Crippen LogP contribution in [-0.2, 0) is 11.2 Å². The summed E-state index contributed by atoms with van der Waals surface area (Å²) in [6, 6.07) is 13.4. The number of carbonyl (C=O) groups excluding carboxylic acids is 1. The van der Waals surface area contributed by atoms with Gasteiger partial charge in [-0.1, -0.05) is 23.4 Å². The minimum Gasteiger partial charge on any atom is -0.490 e. The van der Waals surface area contributed by atoms with Gasteiger partial charge in [0, 0.05) is 17.5 Å². The number of nitriles is 1. The summed E-state index contributed by atoms with van der Waals surface area (Å²) in [5.74, 6) is 1.58. The van der Waals surface area contributed by atoms with Crippen LogP contribution in [0.1, 0.15) is 50.3 Å². The van der Waals surface area contributed by atoms with Crippen LogP contribution < -0.4 is 4.74 Å². The van der Waals surface area contributed by atoms with Crippen LogP contribution in [0.25, 0.3) is 22.8 Å². The van der Waals surface area contributed by atoms with E-state index >= 15 is 0 Å². The Kier molecular flexibility index (Phi) is 6.63. The summed E-state index contributed by atoms with van der Waals surface area (Å²) in [6.45, 7) is 7.47. The number of benzene rings is 2. The molecule has 0 aliphatic heterocycles. The number of nitrogens with zero attached hydrogens (tertiary/aromatic N) is 3. The molecule has 3 aromatic rings. The zero-order chi connectivity index (χ0) is 21.7. The van der Waals surface area contributed by atoms with Gasteiger partial charge in [-0.05, 0) is 69.9 Å². The van der Waals surface area contributed by atoms with E-state index in [1.165, 1.54) is 5.56 Å². The second kappa shape index (κ2) is 9.36. The molecule has 0 atom stereocenters. The van der Waals surface area contributed by atoms with E-state index in [0.717, 1.165) is 24.0 Å². The lowest BCUT2D eigenvalue weighted by atomic mass is 9.97. The summed E-state index contributed by atoms with van der Waals surface area (Å²) >= 11 is 0. The maximum Gasteiger partial charge on any atom is 0.258 e. The standard InChI is InChI=1S/C24H25N3O3/c1-15(2)29-22-12-11-19(13-20(22)14-25)24-26-23(27-30-24)21-10-6-9-18(17(21)4)8-5-7-16(3)28/h6,9-13,15H,5,7-8H2,1-4H3. The SMILES string of the molecule is CC(=O)CCCc1cccc(-c2noc(-c3ccc(OC(C)C)c(C#N)c3)n2)c1C. The average Bonchev–Trinajstić information content (AvgIpc) is 3.19. The minimum atomic E-state index is -0.0244. The van der Waals surface area contributed by atoms with Crippen molar-refractivity contribution in [3.05, 3.63) is 53.1 Å². The fourth-order valence-electron chi connectivity index (χ4n) is 3.28. The Morgan fingerprint density at radius 1 is 1.27 bits per heavy atom. The van der Waals surface area contributed by atoms with Crippen LogP contribution in [0.5, 0.6) is 5.75 Å². The van der Waals surface area contributed by atoms with E-state index in [-0.39, 0.29) is 11.9 Å². The molecule has 154 valence electrons. The van der Waals surface area contributed by atoms with Gasteiger partial charge in [-0.25, -0.2) is 0 Å². The van der Waals surface area contributed by atoms with Crippen molar-refractivity contribution in [3.8, 4) is 34.7 Å². The van der Waals surface area contributed by atoms with Crippen LogP contribution in [-0.4, -0.2) is 22.0 Å². The molecule has 0 N–H and O–H groups in total. The molecule has 6 nitrogen and oxygen atoms in total. The van der Waals surface area contributed by atoms with Crippen LogP contribution >= 0.6 is 0 Å². The number of ether oxygens (including phenoxy) is 1. The Morgan fingerprint density at radius 2 is 2.07 bits per heavy atom. The van der Waals surface area contributed by atoms with Crippen molar-refractivity contribution in [1.82, 2.24) is 10.1 Å². The highest BCUT2D eigenvalue weighted by Crippen LogP contribution is 2.29. The highest BCUT2D eigenvalue weighted by atomic mass is 16.5. The van der Waals surface area contributed by atoms with Gasteiger partial charge < -0.3 is 14.1 Å². The molecule has 0 aliphatic carbocycles. The molecule has 0 saturated carbocycles. The molecule has 0 spiro atoms. The molecule has 6 heteroatoms. The molecule has 0 unspecified atom stereocenters. The average molecular weight is 403 g/mol. The molecule has 0 bridgehead atoms. The first kappa shape index (κ1) is 21.3. The quantitative estimate of drug-likeness (QED) is 0.508. The van der Waals surface area contributed by atoms with E-state index < -0.39 is 0 Å². The number of carbonyl (C=O) groups is 1. The summed E-state index contributed by atoms with van der Waals surface area (Å²) in [5, 5.41) is 13.6. The number of ketones is 1. The summed E-state index contributed by atoms with van der Waals surface area (Å²) < 4.78 is 11.1. The number of rotatable bonds is 8. The lowest BCUT2D eigenvalue weighted by molar-refractivity contribution is -0.117. The Morgan fingerprint density at radius 3 is 2.77 bits per heavy atom. The van der Waals surface area contributed by atoms with Crippen molar-refractivity contribution in [1.29, 1.82) is 5.26 Å². The molecule has 1 aromatic heterocycles. The smallest absolute Gasteiger partial charge is 0.258 e. The van der Waals surface area contributed by atoms with Gasteiger partial charge in [0.1, 0.15) is 17.6 Å². The zero-order valence-electron chi connectivity index (χ0n) is 17.7. The summed E-state index contributed by atoms with van der Waals surface area (Å²) in [6.07, 6.45) is 2.20. The molecule has 0 amide bonds. The zero-order valence-corrected chi connectivity index (χ0v) is 17.7. The lowest BCUT2D eigenvalue weighted by Crippen LogP contribution is -2.06. The van der Waals surface area contributed by atoms with Gasteiger partial charge in [-0.15, -0.1) is 0 Å². The van der Waals surface area contributed by atoms with E-state index in [0.29, 0.717) is 35.0 Å². The Labute approximate surface area is 176 Å². The minimum absolute atomic E-state index is 0.0244. The number of hydrogen-bond acceptors (Lipinski definition) is 6. The maximum absolute atomic E-state index is 11.2. The van der Waals surface area contributed by atoms with E-state index in [1.54, 1.807) is 25.1 Å². The largest absolute Gasteiger partial charge is 0.490 e. The monoisotopic (exact) mass is 403 g/mol. The molecule has 0 aliphatic rings. The first-order valence-electron chi connectivity index (χ1n) is 10.0. The first-order valence-corrected chi connectivity index (χ1v) is 10.0. The van der Waals surface area contributed by atoms with Gasteiger partial charge in [0.05, 0.1) is 11.7 Å². The van der Waals surface area contributed by atoms with Crippen molar-refractivity contribution in [2.45, 2.75) is 53.1 Å². The maximum atomic E-state index is 11.2. The summed E-state index contributed by atoms with van der Waals surface area (Å²) in [7, 11) is 0. The highest BCUT2D eigenvalue weighted by molar-refractivity contribution is 5.75. The number of aryl methyl sites for hydroxylation is 1. The first-order chi connectivity index (χ1) is 14.4. The number of aromatic nitrogens is 2. The molecular formula is C24H25N3O3. The van der Waals surface area contributed by atoms with Gasteiger partial charge in [0.15, 0.2) is 0 Å². The third kappa shape index (κ3) is 4.93. The number of hydrogen-bond donors (Lipinski definition) is 0. The Balaban J connectivity index is 1.87. The molecule has 0 radical (unpaired) electrons. The van der Waals surface area contributed by atoms with Crippen molar-refractivity contribution >= 4 is 5.78 Å². The third-order valence-electron chi connectivity index (χ3n) is 4.80. The Hall–Kier alpha value is -3.46. The van der Waals surface area contributed by atoms with E-state index in [4.69, 9.17) is 9.26 Å². The third-order valence-corrected chi connectivity index (χ3v) is 4.80. The highest BCUT2D eigenvalue weighted by Gasteiger charge is 2.16. The fourth-order valence-corrected chi connectivity index (χ4v) is 3.28. The van der Waals surface area contributed by atoms with Gasteiger partial charge in [-0.2, -0.15) is 10.2 Å². The lowest BCUT2D eigenvalue weighted by Gasteiger charge is -2.11. The molecule has 0 fully saturated rings. The van der Waals surface area contributed by atoms with E-state index in [9.17, 15) is 10.1 Å². The second-order valence-electron chi connectivity index (χ2n) is 7.56. The topological polar surface area (TPSA) is 89.0 Å². The molecular weight excluding hydrogens is 378 g/mol. The summed E-state index contributed by atoms with van der Waals surface area (Å²) in [5.41, 5.74) is 4.22. The van der Waals surface area contributed by atoms with Gasteiger partial charge in [0.25, 0.3) is 5.89 Å². The molecule has 2 aromatic carbocycles. The molecule has 3 rings (SSSR count). The fraction of sp³-hybridized carbons (Fsp3) is 0.333. The van der Waals surface area contributed by atoms with Crippen LogP contribution in [0.15, 0.2) is 40.9 Å².